The van der Waals surface area contributed by atoms with Crippen LogP contribution in [0.4, 0.5) is 4.79 Å². The van der Waals surface area contributed by atoms with Crippen LogP contribution >= 0.6 is 11.8 Å². The highest BCUT2D eigenvalue weighted by molar-refractivity contribution is 7.98. The average molecular weight is 272 g/mol. The van der Waals surface area contributed by atoms with Gasteiger partial charge in [0.1, 0.15) is 6.04 Å². The van der Waals surface area contributed by atoms with Crippen molar-refractivity contribution >= 4 is 23.8 Å². The van der Waals surface area contributed by atoms with Crippen LogP contribution in [-0.4, -0.2) is 41.7 Å². The molecule has 0 bridgehead atoms. The summed E-state index contributed by atoms with van der Waals surface area (Å²) in [5.74, 6) is 2.20. The zero-order chi connectivity index (χ0) is 13.8. The normalized spacial score (nSPS) is 11.3. The van der Waals surface area contributed by atoms with E-state index in [0.29, 0.717) is 25.1 Å². The number of carbonyl (C=O) groups is 2. The van der Waals surface area contributed by atoms with Gasteiger partial charge in [0.05, 0.1) is 0 Å². The SMILES string of the molecule is C#CCCCCNC(=O)N[C@H](CCSC)C(=O)O. The van der Waals surface area contributed by atoms with Gasteiger partial charge in [-0.3, -0.25) is 0 Å². The zero-order valence-corrected chi connectivity index (χ0v) is 11.4. The maximum Gasteiger partial charge on any atom is 0.326 e. The van der Waals surface area contributed by atoms with Crippen molar-refractivity contribution in [3.05, 3.63) is 0 Å². The molecule has 6 heteroatoms. The number of rotatable bonds is 9. The molecule has 0 saturated heterocycles. The highest BCUT2D eigenvalue weighted by Crippen LogP contribution is 2.00. The van der Waals surface area contributed by atoms with Crippen molar-refractivity contribution in [3.8, 4) is 12.3 Å². The summed E-state index contributed by atoms with van der Waals surface area (Å²) in [6, 6.07) is -1.27. The topological polar surface area (TPSA) is 78.4 Å². The Bertz CT molecular complexity index is 302. The van der Waals surface area contributed by atoms with Crippen molar-refractivity contribution < 1.29 is 14.7 Å². The molecule has 5 nitrogen and oxygen atoms in total. The predicted octanol–water partition coefficient (Wildman–Crippen LogP) is 1.30. The largest absolute Gasteiger partial charge is 0.480 e. The Hall–Kier alpha value is -1.35. The van der Waals surface area contributed by atoms with Gasteiger partial charge in [-0.2, -0.15) is 11.8 Å². The first-order chi connectivity index (χ1) is 8.61. The van der Waals surface area contributed by atoms with Gasteiger partial charge in [-0.15, -0.1) is 12.3 Å². The molecule has 0 fully saturated rings. The number of hydrogen-bond donors (Lipinski definition) is 3. The lowest BCUT2D eigenvalue weighted by atomic mass is 10.2. The molecule has 0 aromatic heterocycles. The van der Waals surface area contributed by atoms with Gasteiger partial charge in [-0.25, -0.2) is 9.59 Å². The van der Waals surface area contributed by atoms with Gasteiger partial charge in [0.15, 0.2) is 0 Å². The minimum absolute atomic E-state index is 0.418. The van der Waals surface area contributed by atoms with E-state index in [4.69, 9.17) is 11.5 Å². The lowest BCUT2D eigenvalue weighted by Gasteiger charge is -2.14. The smallest absolute Gasteiger partial charge is 0.326 e. The van der Waals surface area contributed by atoms with E-state index in [-0.39, 0.29) is 0 Å². The van der Waals surface area contributed by atoms with E-state index in [1.54, 1.807) is 11.8 Å². The number of terminal acetylenes is 1. The summed E-state index contributed by atoms with van der Waals surface area (Å²) in [6.07, 6.45) is 9.74. The number of hydrogen-bond acceptors (Lipinski definition) is 3. The Kier molecular flexibility index (Phi) is 9.97. The average Bonchev–Trinajstić information content (AvgIpc) is 2.33. The van der Waals surface area contributed by atoms with E-state index in [9.17, 15) is 9.59 Å². The second-order valence-corrected chi connectivity index (χ2v) is 4.72. The number of carboxylic acid groups (broad SMARTS) is 1. The Morgan fingerprint density at radius 2 is 2.17 bits per heavy atom. The van der Waals surface area contributed by atoms with Gasteiger partial charge >= 0.3 is 12.0 Å². The molecular formula is C12H20N2O3S. The van der Waals surface area contributed by atoms with Crippen LogP contribution in [0.25, 0.3) is 0 Å². The Morgan fingerprint density at radius 3 is 2.72 bits per heavy atom. The van der Waals surface area contributed by atoms with Gasteiger partial charge in [-0.05, 0) is 31.3 Å². The second kappa shape index (κ2) is 10.8. The number of carbonyl (C=O) groups excluding carboxylic acids is 1. The molecule has 0 heterocycles. The van der Waals surface area contributed by atoms with Crippen LogP contribution in [0.15, 0.2) is 0 Å². The molecule has 0 aliphatic heterocycles. The molecule has 0 unspecified atom stereocenters. The van der Waals surface area contributed by atoms with Crippen molar-refractivity contribution in [3.63, 3.8) is 0 Å². The summed E-state index contributed by atoms with van der Waals surface area (Å²) < 4.78 is 0. The van der Waals surface area contributed by atoms with E-state index in [2.05, 4.69) is 16.6 Å². The van der Waals surface area contributed by atoms with Crippen molar-refractivity contribution in [1.82, 2.24) is 10.6 Å². The van der Waals surface area contributed by atoms with Crippen LogP contribution in [0.3, 0.4) is 0 Å². The lowest BCUT2D eigenvalue weighted by Crippen LogP contribution is -2.46. The second-order valence-electron chi connectivity index (χ2n) is 3.73. The highest BCUT2D eigenvalue weighted by atomic mass is 32.2. The molecule has 0 spiro atoms. The third-order valence-electron chi connectivity index (χ3n) is 2.25. The lowest BCUT2D eigenvalue weighted by molar-refractivity contribution is -0.139. The maximum atomic E-state index is 11.4. The molecule has 18 heavy (non-hydrogen) atoms. The van der Waals surface area contributed by atoms with Crippen molar-refractivity contribution in [2.24, 2.45) is 0 Å². The Balaban J connectivity index is 3.81. The summed E-state index contributed by atoms with van der Waals surface area (Å²) in [4.78, 5) is 22.3. The van der Waals surface area contributed by atoms with Gasteiger partial charge < -0.3 is 15.7 Å². The van der Waals surface area contributed by atoms with Crippen LogP contribution in [0, 0.1) is 12.3 Å². The fourth-order valence-corrected chi connectivity index (χ4v) is 1.73. The van der Waals surface area contributed by atoms with Crippen LogP contribution in [-0.2, 0) is 4.79 Å². The fourth-order valence-electron chi connectivity index (χ4n) is 1.26. The summed E-state index contributed by atoms with van der Waals surface area (Å²) in [6.45, 7) is 0.502. The van der Waals surface area contributed by atoms with Crippen LogP contribution in [0.2, 0.25) is 0 Å². The van der Waals surface area contributed by atoms with Crippen molar-refractivity contribution in [2.45, 2.75) is 31.7 Å². The van der Waals surface area contributed by atoms with E-state index in [1.807, 2.05) is 6.26 Å². The van der Waals surface area contributed by atoms with Gasteiger partial charge in [0.2, 0.25) is 0 Å². The monoisotopic (exact) mass is 272 g/mol. The van der Waals surface area contributed by atoms with E-state index in [1.165, 1.54) is 0 Å². The molecule has 0 saturated carbocycles. The molecule has 3 N–H and O–H groups in total. The van der Waals surface area contributed by atoms with Crippen molar-refractivity contribution in [1.29, 1.82) is 0 Å². The molecule has 0 radical (unpaired) electrons. The molecule has 1 atom stereocenters. The fraction of sp³-hybridized carbons (Fsp3) is 0.667. The highest BCUT2D eigenvalue weighted by Gasteiger charge is 2.18. The number of amides is 2. The first-order valence-corrected chi connectivity index (χ1v) is 7.20. The molecular weight excluding hydrogens is 252 g/mol. The van der Waals surface area contributed by atoms with Crippen molar-refractivity contribution in [2.75, 3.05) is 18.6 Å². The first-order valence-electron chi connectivity index (χ1n) is 5.81. The third-order valence-corrected chi connectivity index (χ3v) is 2.89. The van der Waals surface area contributed by atoms with Crippen LogP contribution in [0.1, 0.15) is 25.7 Å². The summed E-state index contributed by atoms with van der Waals surface area (Å²) >= 11 is 1.55. The van der Waals surface area contributed by atoms with Crippen LogP contribution in [0.5, 0.6) is 0 Å². The molecule has 0 rings (SSSR count). The van der Waals surface area contributed by atoms with E-state index >= 15 is 0 Å². The number of urea groups is 1. The maximum absolute atomic E-state index is 11.4. The van der Waals surface area contributed by atoms with Gasteiger partial charge in [-0.1, -0.05) is 0 Å². The zero-order valence-electron chi connectivity index (χ0n) is 10.6. The van der Waals surface area contributed by atoms with Gasteiger partial charge in [0.25, 0.3) is 0 Å². The number of nitrogens with one attached hydrogen (secondary N) is 2. The molecule has 0 aliphatic rings. The first kappa shape index (κ1) is 16.6. The third kappa shape index (κ3) is 8.76. The minimum Gasteiger partial charge on any atom is -0.480 e. The standard InChI is InChI=1S/C12H20N2O3S/c1-3-4-5-6-8-13-12(17)14-10(11(15)16)7-9-18-2/h1,10H,4-9H2,2H3,(H,15,16)(H2,13,14,17)/t10-/m1/s1. The molecule has 102 valence electrons. The number of thioether (sulfide) groups is 1. The van der Waals surface area contributed by atoms with Gasteiger partial charge in [0, 0.05) is 13.0 Å². The quantitative estimate of drug-likeness (QED) is 0.436. The predicted molar refractivity (Wildman–Crippen MR) is 73.6 cm³/mol. The van der Waals surface area contributed by atoms with Crippen LogP contribution < -0.4 is 10.6 Å². The minimum atomic E-state index is -1.01. The Labute approximate surface area is 112 Å². The summed E-state index contributed by atoms with van der Waals surface area (Å²) in [5.41, 5.74) is 0. The summed E-state index contributed by atoms with van der Waals surface area (Å²) in [5, 5.41) is 14.0. The molecule has 0 aromatic carbocycles. The van der Waals surface area contributed by atoms with E-state index < -0.39 is 18.0 Å². The number of carboxylic acids is 1. The Morgan fingerprint density at radius 1 is 1.44 bits per heavy atom. The number of aliphatic carboxylic acids is 1. The molecule has 2 amide bonds. The molecule has 0 aromatic rings. The summed E-state index contributed by atoms with van der Waals surface area (Å²) in [7, 11) is 0. The molecule has 0 aliphatic carbocycles. The van der Waals surface area contributed by atoms with E-state index in [0.717, 1.165) is 12.8 Å². The number of unbranched alkanes of at least 4 members (excludes halogenated alkanes) is 2.